The lowest BCUT2D eigenvalue weighted by Crippen LogP contribution is -2.55. The Labute approximate surface area is 168 Å². The van der Waals surface area contributed by atoms with Gasteiger partial charge in [0.25, 0.3) is 0 Å². The first kappa shape index (κ1) is 19.6. The SMILES string of the molecule is CN=C(NCc1ncc(C)s1)N1CCN(c2cnn(C)c2)C(=O)C1.I. The van der Waals surface area contributed by atoms with Crippen LogP contribution in [0.15, 0.2) is 23.6 Å². The van der Waals surface area contributed by atoms with Crippen LogP contribution in [0.25, 0.3) is 0 Å². The van der Waals surface area contributed by atoms with E-state index in [1.165, 1.54) is 4.88 Å². The average molecular weight is 475 g/mol. The summed E-state index contributed by atoms with van der Waals surface area (Å²) in [5, 5.41) is 8.42. The molecule has 10 heteroatoms. The number of carbonyl (C=O) groups excluding carboxylic acids is 1. The molecule has 2 aromatic heterocycles. The van der Waals surface area contributed by atoms with Gasteiger partial charge >= 0.3 is 0 Å². The van der Waals surface area contributed by atoms with Crippen LogP contribution < -0.4 is 10.2 Å². The van der Waals surface area contributed by atoms with Crippen molar-refractivity contribution in [2.45, 2.75) is 13.5 Å². The topological polar surface area (TPSA) is 78.7 Å². The van der Waals surface area contributed by atoms with Gasteiger partial charge in [-0.3, -0.25) is 14.5 Å². The second-order valence-electron chi connectivity index (χ2n) is 5.60. The molecule has 0 unspecified atom stereocenters. The fourth-order valence-corrected chi connectivity index (χ4v) is 3.37. The molecule has 3 heterocycles. The van der Waals surface area contributed by atoms with Crippen LogP contribution in [0.2, 0.25) is 0 Å². The summed E-state index contributed by atoms with van der Waals surface area (Å²) in [6.45, 7) is 4.28. The molecule has 25 heavy (non-hydrogen) atoms. The average Bonchev–Trinajstić information content (AvgIpc) is 3.16. The zero-order valence-electron chi connectivity index (χ0n) is 14.5. The molecular formula is C15H22IN7OS. The van der Waals surface area contributed by atoms with Gasteiger partial charge in [-0.2, -0.15) is 5.10 Å². The quantitative estimate of drug-likeness (QED) is 0.411. The molecule has 0 aliphatic carbocycles. The summed E-state index contributed by atoms with van der Waals surface area (Å²) in [5.41, 5.74) is 0.836. The molecule has 0 bridgehead atoms. The molecule has 0 saturated carbocycles. The maximum atomic E-state index is 12.5. The Bertz CT molecular complexity index is 757. The molecular weight excluding hydrogens is 453 g/mol. The lowest BCUT2D eigenvalue weighted by atomic mass is 10.3. The second-order valence-corrected chi connectivity index (χ2v) is 6.92. The van der Waals surface area contributed by atoms with Crippen LogP contribution in [0.1, 0.15) is 9.88 Å². The number of thiazole rings is 1. The Hall–Kier alpha value is -1.69. The highest BCUT2D eigenvalue weighted by Crippen LogP contribution is 2.16. The van der Waals surface area contributed by atoms with Crippen LogP contribution in [-0.4, -0.2) is 58.2 Å². The highest BCUT2D eigenvalue weighted by molar-refractivity contribution is 14.0. The Kier molecular flexibility index (Phi) is 6.76. The standard InChI is InChI=1S/C15H21N7OS.HI/c1-11-6-17-13(24-11)8-18-15(16-2)21-4-5-22(14(23)10-21)12-7-19-20(3)9-12;/h6-7,9H,4-5,8,10H2,1-3H3,(H,16,18);1H. The molecule has 1 fully saturated rings. The molecule has 136 valence electrons. The lowest BCUT2D eigenvalue weighted by Gasteiger charge is -2.35. The summed E-state index contributed by atoms with van der Waals surface area (Å²) in [5.74, 6) is 0.768. The fourth-order valence-electron chi connectivity index (χ4n) is 2.64. The minimum atomic E-state index is 0. The lowest BCUT2D eigenvalue weighted by molar-refractivity contribution is -0.120. The first-order chi connectivity index (χ1) is 11.6. The summed E-state index contributed by atoms with van der Waals surface area (Å²) in [4.78, 5) is 26.0. The van der Waals surface area contributed by atoms with Gasteiger partial charge in [0.05, 0.1) is 18.4 Å². The van der Waals surface area contributed by atoms with E-state index < -0.39 is 0 Å². The van der Waals surface area contributed by atoms with Crippen LogP contribution in [0.3, 0.4) is 0 Å². The van der Waals surface area contributed by atoms with Gasteiger partial charge < -0.3 is 15.1 Å². The van der Waals surface area contributed by atoms with Gasteiger partial charge in [0.1, 0.15) is 11.6 Å². The Morgan fingerprint density at radius 3 is 2.76 bits per heavy atom. The number of guanidine groups is 1. The number of aryl methyl sites for hydroxylation is 2. The molecule has 0 radical (unpaired) electrons. The minimum absolute atomic E-state index is 0. The summed E-state index contributed by atoms with van der Waals surface area (Å²) in [7, 11) is 3.57. The monoisotopic (exact) mass is 475 g/mol. The van der Waals surface area contributed by atoms with Crippen LogP contribution in [0, 0.1) is 6.92 Å². The van der Waals surface area contributed by atoms with E-state index in [1.54, 1.807) is 34.2 Å². The van der Waals surface area contributed by atoms with Crippen LogP contribution >= 0.6 is 35.3 Å². The van der Waals surface area contributed by atoms with E-state index in [4.69, 9.17) is 0 Å². The molecule has 1 N–H and O–H groups in total. The zero-order valence-corrected chi connectivity index (χ0v) is 17.6. The van der Waals surface area contributed by atoms with Gasteiger partial charge in [0, 0.05) is 44.5 Å². The first-order valence-electron chi connectivity index (χ1n) is 7.72. The number of hydrogen-bond acceptors (Lipinski definition) is 5. The van der Waals surface area contributed by atoms with E-state index >= 15 is 0 Å². The van der Waals surface area contributed by atoms with Crippen molar-refractivity contribution in [3.8, 4) is 0 Å². The number of halogens is 1. The van der Waals surface area contributed by atoms with E-state index in [0.717, 1.165) is 23.2 Å². The molecule has 1 saturated heterocycles. The van der Waals surface area contributed by atoms with Crippen LogP contribution in [0.5, 0.6) is 0 Å². The number of nitrogens with one attached hydrogen (secondary N) is 1. The number of amides is 1. The van der Waals surface area contributed by atoms with Gasteiger partial charge in [-0.05, 0) is 6.92 Å². The van der Waals surface area contributed by atoms with E-state index in [1.807, 2.05) is 31.3 Å². The van der Waals surface area contributed by atoms with Crippen molar-refractivity contribution in [2.75, 3.05) is 31.6 Å². The molecule has 0 atom stereocenters. The number of aromatic nitrogens is 3. The van der Waals surface area contributed by atoms with E-state index in [-0.39, 0.29) is 29.9 Å². The highest BCUT2D eigenvalue weighted by Gasteiger charge is 2.27. The number of hydrogen-bond donors (Lipinski definition) is 1. The van der Waals surface area contributed by atoms with Crippen molar-refractivity contribution < 1.29 is 4.79 Å². The number of piperazine rings is 1. The van der Waals surface area contributed by atoms with Crippen molar-refractivity contribution in [1.82, 2.24) is 25.0 Å². The van der Waals surface area contributed by atoms with Crippen LogP contribution in [0.4, 0.5) is 5.69 Å². The number of nitrogens with zero attached hydrogens (tertiary/aromatic N) is 6. The Balaban J connectivity index is 0.00000225. The molecule has 8 nitrogen and oxygen atoms in total. The largest absolute Gasteiger partial charge is 0.350 e. The summed E-state index contributed by atoms with van der Waals surface area (Å²) >= 11 is 1.66. The Morgan fingerprint density at radius 2 is 2.20 bits per heavy atom. The van der Waals surface area contributed by atoms with Crippen molar-refractivity contribution in [1.29, 1.82) is 0 Å². The summed E-state index contributed by atoms with van der Waals surface area (Å²) < 4.78 is 1.70. The van der Waals surface area contributed by atoms with Gasteiger partial charge in [-0.15, -0.1) is 35.3 Å². The number of anilines is 1. The highest BCUT2D eigenvalue weighted by atomic mass is 127. The smallest absolute Gasteiger partial charge is 0.246 e. The van der Waals surface area contributed by atoms with Crippen molar-refractivity contribution in [3.05, 3.63) is 28.5 Å². The van der Waals surface area contributed by atoms with Crippen molar-refractivity contribution in [3.63, 3.8) is 0 Å². The van der Waals surface area contributed by atoms with E-state index in [2.05, 4.69) is 20.4 Å². The maximum absolute atomic E-state index is 12.5. The van der Waals surface area contributed by atoms with Crippen LogP contribution in [-0.2, 0) is 18.4 Å². The van der Waals surface area contributed by atoms with E-state index in [0.29, 0.717) is 19.6 Å². The molecule has 1 aliphatic rings. The zero-order chi connectivity index (χ0) is 17.1. The third-order valence-electron chi connectivity index (χ3n) is 3.80. The Morgan fingerprint density at radius 1 is 1.40 bits per heavy atom. The molecule has 1 amide bonds. The third kappa shape index (κ3) is 4.69. The van der Waals surface area contributed by atoms with Gasteiger partial charge in [0.2, 0.25) is 5.91 Å². The normalized spacial score (nSPS) is 15.3. The fraction of sp³-hybridized carbons (Fsp3) is 0.467. The number of aliphatic imine (C=N–C) groups is 1. The third-order valence-corrected chi connectivity index (χ3v) is 4.71. The van der Waals surface area contributed by atoms with Gasteiger partial charge in [-0.25, -0.2) is 4.98 Å². The predicted molar refractivity (Wildman–Crippen MR) is 110 cm³/mol. The minimum Gasteiger partial charge on any atom is -0.350 e. The van der Waals surface area contributed by atoms with E-state index in [9.17, 15) is 4.79 Å². The molecule has 0 spiro atoms. The molecule has 3 rings (SSSR count). The number of rotatable bonds is 3. The molecule has 2 aromatic rings. The maximum Gasteiger partial charge on any atom is 0.246 e. The first-order valence-corrected chi connectivity index (χ1v) is 8.54. The summed E-state index contributed by atoms with van der Waals surface area (Å²) in [6, 6.07) is 0. The predicted octanol–water partition coefficient (Wildman–Crippen LogP) is 1.23. The van der Waals surface area contributed by atoms with Crippen molar-refractivity contribution in [2.24, 2.45) is 12.0 Å². The van der Waals surface area contributed by atoms with Gasteiger partial charge in [-0.1, -0.05) is 0 Å². The van der Waals surface area contributed by atoms with Gasteiger partial charge in [0.15, 0.2) is 5.96 Å². The van der Waals surface area contributed by atoms with Crippen molar-refractivity contribution >= 4 is 52.9 Å². The summed E-state index contributed by atoms with van der Waals surface area (Å²) in [6.07, 6.45) is 5.43. The second kappa shape index (κ2) is 8.61. The molecule has 1 aliphatic heterocycles. The molecule has 0 aromatic carbocycles. The number of carbonyl (C=O) groups is 1.